The second-order valence-corrected chi connectivity index (χ2v) is 9.09. The molecule has 3 aromatic rings. The topological polar surface area (TPSA) is 91.0 Å². The first-order valence-corrected chi connectivity index (χ1v) is 11.3. The predicted octanol–water partition coefficient (Wildman–Crippen LogP) is 5.30. The lowest BCUT2D eigenvalue weighted by Gasteiger charge is -2.26. The lowest BCUT2D eigenvalue weighted by molar-refractivity contribution is -0.483. The summed E-state index contributed by atoms with van der Waals surface area (Å²) in [7, 11) is 1.52. The van der Waals surface area contributed by atoms with Crippen LogP contribution in [0.25, 0.3) is 0 Å². The van der Waals surface area contributed by atoms with E-state index in [2.05, 4.69) is 0 Å². The smallest absolute Gasteiger partial charge is 0.332 e. The zero-order chi connectivity index (χ0) is 25.4. The first-order valence-electron chi connectivity index (χ1n) is 11.3. The monoisotopic (exact) mass is 474 g/mol. The van der Waals surface area contributed by atoms with Crippen molar-refractivity contribution in [1.29, 1.82) is 0 Å². The number of methoxy groups -OCH3 is 1. The summed E-state index contributed by atoms with van der Waals surface area (Å²) in [4.78, 5) is 29.7. The molecule has 182 valence electrons. The van der Waals surface area contributed by atoms with Gasteiger partial charge in [0.25, 0.3) is 0 Å². The molecule has 0 radical (unpaired) electrons. The van der Waals surface area contributed by atoms with Crippen molar-refractivity contribution in [3.05, 3.63) is 112 Å². The van der Waals surface area contributed by atoms with Gasteiger partial charge in [0.05, 0.1) is 18.7 Å². The number of aliphatic imine (C=N–C) groups is 1. The predicted molar refractivity (Wildman–Crippen MR) is 136 cm³/mol. The van der Waals surface area contributed by atoms with E-state index >= 15 is 0 Å². The van der Waals surface area contributed by atoms with E-state index < -0.39 is 35.0 Å². The maximum atomic E-state index is 13.5. The summed E-state index contributed by atoms with van der Waals surface area (Å²) in [6, 6.07) is 24.7. The maximum Gasteiger partial charge on any atom is 0.332 e. The summed E-state index contributed by atoms with van der Waals surface area (Å²) < 4.78 is 11.0. The van der Waals surface area contributed by atoms with Crippen LogP contribution >= 0.6 is 0 Å². The van der Waals surface area contributed by atoms with Crippen LogP contribution in [0.3, 0.4) is 0 Å². The number of ether oxygens (including phenoxy) is 2. The van der Waals surface area contributed by atoms with Crippen LogP contribution in [0.15, 0.2) is 89.9 Å². The van der Waals surface area contributed by atoms with Crippen LogP contribution in [0.1, 0.15) is 43.4 Å². The first kappa shape index (κ1) is 25.6. The van der Waals surface area contributed by atoms with E-state index in [-0.39, 0.29) is 0 Å². The quantitative estimate of drug-likeness (QED) is 0.182. The zero-order valence-corrected chi connectivity index (χ0v) is 20.4. The van der Waals surface area contributed by atoms with E-state index in [9.17, 15) is 14.9 Å². The van der Waals surface area contributed by atoms with Gasteiger partial charge in [0.1, 0.15) is 11.4 Å². The van der Waals surface area contributed by atoms with Crippen LogP contribution in [0.5, 0.6) is 5.75 Å². The van der Waals surface area contributed by atoms with Crippen molar-refractivity contribution in [2.24, 2.45) is 4.99 Å². The Bertz CT molecular complexity index is 1130. The molecule has 2 atom stereocenters. The Hall–Kier alpha value is -4.00. The molecule has 0 aliphatic heterocycles. The highest BCUT2D eigenvalue weighted by molar-refractivity contribution is 6.13. The van der Waals surface area contributed by atoms with Gasteiger partial charge >= 0.3 is 5.97 Å². The van der Waals surface area contributed by atoms with Crippen molar-refractivity contribution in [2.45, 2.75) is 38.3 Å². The van der Waals surface area contributed by atoms with Crippen LogP contribution in [0.2, 0.25) is 0 Å². The fraction of sp³-hybridized carbons (Fsp3) is 0.286. The number of hydrogen-bond acceptors (Lipinski definition) is 6. The van der Waals surface area contributed by atoms with Crippen molar-refractivity contribution in [2.75, 3.05) is 13.7 Å². The Morgan fingerprint density at radius 1 is 0.943 bits per heavy atom. The Morgan fingerprint density at radius 3 is 2.00 bits per heavy atom. The molecule has 3 aromatic carbocycles. The lowest BCUT2D eigenvalue weighted by atomic mass is 9.90. The molecule has 7 nitrogen and oxygen atoms in total. The maximum absolute atomic E-state index is 13.5. The molecular formula is C28H30N2O5. The number of nitrogens with zero attached hydrogens (tertiary/aromatic N) is 2. The van der Waals surface area contributed by atoms with E-state index in [1.165, 1.54) is 7.11 Å². The van der Waals surface area contributed by atoms with Crippen molar-refractivity contribution < 1.29 is 19.2 Å². The van der Waals surface area contributed by atoms with Crippen molar-refractivity contribution in [3.63, 3.8) is 0 Å². The average Bonchev–Trinajstić information content (AvgIpc) is 2.83. The van der Waals surface area contributed by atoms with Gasteiger partial charge in [0, 0.05) is 16.1 Å². The highest BCUT2D eigenvalue weighted by atomic mass is 16.6. The molecule has 0 aliphatic carbocycles. The summed E-state index contributed by atoms with van der Waals surface area (Å²) in [6.07, 6.45) is 0. The summed E-state index contributed by atoms with van der Waals surface area (Å²) in [5.74, 6) is -0.969. The molecular weight excluding hydrogens is 444 g/mol. The van der Waals surface area contributed by atoms with Gasteiger partial charge in [-0.25, -0.2) is 4.79 Å². The normalized spacial score (nSPS) is 12.8. The molecule has 0 bridgehead atoms. The van der Waals surface area contributed by atoms with Crippen molar-refractivity contribution in [3.8, 4) is 5.75 Å². The number of benzene rings is 3. The molecule has 0 unspecified atom stereocenters. The van der Waals surface area contributed by atoms with E-state index in [1.54, 1.807) is 45.0 Å². The number of rotatable bonds is 9. The van der Waals surface area contributed by atoms with Crippen LogP contribution < -0.4 is 4.74 Å². The minimum Gasteiger partial charge on any atom is -0.497 e. The number of carbonyl (C=O) groups excluding carboxylic acids is 1. The fourth-order valence-electron chi connectivity index (χ4n) is 3.74. The number of nitro groups is 1. The molecule has 0 saturated carbocycles. The van der Waals surface area contributed by atoms with Gasteiger partial charge < -0.3 is 9.47 Å². The lowest BCUT2D eigenvalue weighted by Crippen LogP contribution is -2.37. The molecule has 0 fully saturated rings. The third-order valence-corrected chi connectivity index (χ3v) is 5.26. The van der Waals surface area contributed by atoms with Gasteiger partial charge in [-0.1, -0.05) is 72.8 Å². The third-order valence-electron chi connectivity index (χ3n) is 5.26. The van der Waals surface area contributed by atoms with E-state index in [1.807, 2.05) is 60.7 Å². The van der Waals surface area contributed by atoms with Crippen molar-refractivity contribution >= 4 is 11.7 Å². The summed E-state index contributed by atoms with van der Waals surface area (Å²) >= 11 is 0. The van der Waals surface area contributed by atoms with E-state index in [0.717, 1.165) is 11.1 Å². The van der Waals surface area contributed by atoms with Gasteiger partial charge in [-0.15, -0.1) is 0 Å². The van der Waals surface area contributed by atoms with Crippen LogP contribution in [-0.4, -0.2) is 41.9 Å². The summed E-state index contributed by atoms with van der Waals surface area (Å²) in [5.41, 5.74) is 1.91. The Morgan fingerprint density at radius 2 is 1.51 bits per heavy atom. The average molecular weight is 475 g/mol. The third kappa shape index (κ3) is 7.24. The van der Waals surface area contributed by atoms with Gasteiger partial charge in [-0.2, -0.15) is 0 Å². The van der Waals surface area contributed by atoms with Crippen LogP contribution in [-0.2, 0) is 9.53 Å². The van der Waals surface area contributed by atoms with Gasteiger partial charge in [-0.05, 0) is 38.5 Å². The first-order chi connectivity index (χ1) is 16.7. The molecule has 0 N–H and O–H groups in total. The Balaban J connectivity index is 2.23. The van der Waals surface area contributed by atoms with E-state index in [0.29, 0.717) is 17.0 Å². The highest BCUT2D eigenvalue weighted by Gasteiger charge is 2.37. The number of hydrogen-bond donors (Lipinski definition) is 0. The molecule has 0 aromatic heterocycles. The second-order valence-electron chi connectivity index (χ2n) is 9.09. The highest BCUT2D eigenvalue weighted by Crippen LogP contribution is 2.29. The summed E-state index contributed by atoms with van der Waals surface area (Å²) in [5, 5.41) is 11.7. The minimum atomic E-state index is -1.16. The molecule has 0 saturated heterocycles. The van der Waals surface area contributed by atoms with Gasteiger partial charge in [0.2, 0.25) is 6.54 Å². The molecule has 0 heterocycles. The number of esters is 1. The summed E-state index contributed by atoms with van der Waals surface area (Å²) in [6.45, 7) is 4.77. The SMILES string of the molecule is COc1cccc([C@H](C[N+](=O)[O-])[C@@H](N=C(c2ccccc2)c2ccccc2)C(=O)OC(C)(C)C)c1. The van der Waals surface area contributed by atoms with Crippen molar-refractivity contribution in [1.82, 2.24) is 0 Å². The van der Waals surface area contributed by atoms with Gasteiger partial charge in [0.15, 0.2) is 6.04 Å². The molecule has 0 aliphatic rings. The molecule has 7 heteroatoms. The number of carbonyl (C=O) groups is 1. The molecule has 3 rings (SSSR count). The fourth-order valence-corrected chi connectivity index (χ4v) is 3.74. The second kappa shape index (κ2) is 11.4. The molecule has 0 spiro atoms. The molecule has 0 amide bonds. The van der Waals surface area contributed by atoms with E-state index in [4.69, 9.17) is 14.5 Å². The van der Waals surface area contributed by atoms with Gasteiger partial charge in [-0.3, -0.25) is 15.1 Å². The zero-order valence-electron chi connectivity index (χ0n) is 20.4. The molecule has 35 heavy (non-hydrogen) atoms. The minimum absolute atomic E-state index is 0.429. The Labute approximate surface area is 205 Å². The Kier molecular flexibility index (Phi) is 8.36. The standard InChI is InChI=1S/C28H30N2O5/c1-28(2,3)35-27(31)26(24(19-30(32)33)22-16-11-17-23(18-22)34-4)29-25(20-12-7-5-8-13-20)21-14-9-6-10-15-21/h5-18,24,26H,19H2,1-4H3/t24-,26+/m0/s1. The van der Waals surface area contributed by atoms with Crippen LogP contribution in [0.4, 0.5) is 0 Å². The van der Waals surface area contributed by atoms with Crippen LogP contribution in [0, 0.1) is 10.1 Å². The largest absolute Gasteiger partial charge is 0.497 e.